The highest BCUT2D eigenvalue weighted by Crippen LogP contribution is 2.49. The molecular weight excluding hydrogens is 416 g/mol. The zero-order valence-corrected chi connectivity index (χ0v) is 19.8. The van der Waals surface area contributed by atoms with Gasteiger partial charge >= 0.3 is 0 Å². The summed E-state index contributed by atoms with van der Waals surface area (Å²) in [5.74, 6) is 1.75. The third-order valence-corrected chi connectivity index (χ3v) is 8.83. The molecule has 0 radical (unpaired) electrons. The Hall–Kier alpha value is -2.43. The number of hydrogen-bond donors (Lipinski definition) is 0. The number of nitrogens with zero attached hydrogens (tertiary/aromatic N) is 2. The smallest absolute Gasteiger partial charge is 0.128 e. The molecule has 0 N–H and O–H groups in total. The van der Waals surface area contributed by atoms with Crippen LogP contribution in [0.25, 0.3) is 42.3 Å². The topological polar surface area (TPSA) is 25.8 Å². The first-order valence-electron chi connectivity index (χ1n) is 10.8. The summed E-state index contributed by atoms with van der Waals surface area (Å²) < 4.78 is 1.31. The fourth-order valence-corrected chi connectivity index (χ4v) is 7.31. The van der Waals surface area contributed by atoms with Crippen molar-refractivity contribution in [2.75, 3.05) is 5.75 Å². The number of thioether (sulfide) groups is 1. The van der Waals surface area contributed by atoms with Crippen LogP contribution < -0.4 is 0 Å². The van der Waals surface area contributed by atoms with Gasteiger partial charge in [-0.3, -0.25) is 0 Å². The largest absolute Gasteiger partial charge is 0.236 e. The standard InChI is InChI=1S/C27H24N2S2/c1-15-13-30-25-18(15)9-10-21-22(25)23-24(28-14-29-26(23)31-21)17-11-16-7-5-6-8-19(16)20(12-17)27(2,3)4/h5-12,14-15H,13H2,1-4H3. The zero-order valence-electron chi connectivity index (χ0n) is 18.2. The predicted molar refractivity (Wildman–Crippen MR) is 136 cm³/mol. The van der Waals surface area contributed by atoms with Crippen LogP contribution in [0, 0.1) is 0 Å². The van der Waals surface area contributed by atoms with Crippen molar-refractivity contribution in [2.24, 2.45) is 0 Å². The molecule has 4 heteroatoms. The molecule has 0 bridgehead atoms. The van der Waals surface area contributed by atoms with E-state index in [-0.39, 0.29) is 5.41 Å². The lowest BCUT2D eigenvalue weighted by Gasteiger charge is -2.23. The Bertz CT molecular complexity index is 1490. The van der Waals surface area contributed by atoms with Crippen LogP contribution in [0.4, 0.5) is 0 Å². The normalized spacial score (nSPS) is 16.5. The summed E-state index contributed by atoms with van der Waals surface area (Å²) in [6.45, 7) is 9.20. The van der Waals surface area contributed by atoms with Gasteiger partial charge in [0, 0.05) is 31.7 Å². The minimum absolute atomic E-state index is 0.0466. The Morgan fingerprint density at radius 3 is 2.65 bits per heavy atom. The first-order valence-corrected chi connectivity index (χ1v) is 12.6. The van der Waals surface area contributed by atoms with E-state index in [4.69, 9.17) is 4.98 Å². The Balaban J connectivity index is 1.72. The van der Waals surface area contributed by atoms with Crippen molar-refractivity contribution in [1.82, 2.24) is 9.97 Å². The molecule has 0 spiro atoms. The van der Waals surface area contributed by atoms with Crippen LogP contribution in [0.2, 0.25) is 0 Å². The predicted octanol–water partition coefficient (Wildman–Crippen LogP) is 8.17. The third kappa shape index (κ3) is 2.92. The van der Waals surface area contributed by atoms with E-state index in [9.17, 15) is 0 Å². The SMILES string of the molecule is CC1CSc2c1ccc1sc3ncnc(-c4cc(C(C)(C)C)c5ccccc5c4)c3c21. The van der Waals surface area contributed by atoms with Crippen molar-refractivity contribution in [2.45, 2.75) is 43.9 Å². The van der Waals surface area contributed by atoms with Gasteiger partial charge in [-0.1, -0.05) is 58.0 Å². The maximum absolute atomic E-state index is 4.86. The van der Waals surface area contributed by atoms with Gasteiger partial charge in [-0.2, -0.15) is 0 Å². The maximum Gasteiger partial charge on any atom is 0.128 e. The van der Waals surface area contributed by atoms with Crippen LogP contribution in [0.1, 0.15) is 44.7 Å². The summed E-state index contributed by atoms with van der Waals surface area (Å²) in [6.07, 6.45) is 1.73. The zero-order chi connectivity index (χ0) is 21.3. The second-order valence-corrected chi connectivity index (χ2v) is 11.6. The van der Waals surface area contributed by atoms with Gasteiger partial charge in [0.1, 0.15) is 11.2 Å². The van der Waals surface area contributed by atoms with E-state index in [0.29, 0.717) is 5.92 Å². The molecule has 3 aromatic carbocycles. The van der Waals surface area contributed by atoms with E-state index < -0.39 is 0 Å². The molecular formula is C27H24N2S2. The molecule has 5 aromatic rings. The molecule has 6 rings (SSSR count). The molecule has 1 aliphatic heterocycles. The molecule has 0 saturated heterocycles. The minimum atomic E-state index is 0.0466. The number of fused-ring (bicyclic) bond motifs is 6. The molecule has 31 heavy (non-hydrogen) atoms. The molecule has 154 valence electrons. The number of rotatable bonds is 1. The van der Waals surface area contributed by atoms with Gasteiger partial charge in [0.05, 0.1) is 5.69 Å². The summed E-state index contributed by atoms with van der Waals surface area (Å²) in [5.41, 5.74) is 5.12. The fourth-order valence-electron chi connectivity index (χ4n) is 4.81. The number of benzene rings is 3. The molecule has 1 unspecified atom stereocenters. The van der Waals surface area contributed by atoms with Crippen molar-refractivity contribution < 1.29 is 0 Å². The number of aromatic nitrogens is 2. The van der Waals surface area contributed by atoms with Crippen LogP contribution in [0.3, 0.4) is 0 Å². The van der Waals surface area contributed by atoms with Crippen LogP contribution in [0.15, 0.2) is 59.8 Å². The van der Waals surface area contributed by atoms with Crippen LogP contribution in [-0.2, 0) is 5.41 Å². The van der Waals surface area contributed by atoms with Crippen molar-refractivity contribution >= 4 is 54.2 Å². The van der Waals surface area contributed by atoms with Crippen molar-refractivity contribution in [3.8, 4) is 11.3 Å². The van der Waals surface area contributed by atoms with Crippen LogP contribution in [-0.4, -0.2) is 15.7 Å². The molecule has 3 heterocycles. The molecule has 0 fully saturated rings. The van der Waals surface area contributed by atoms with Crippen LogP contribution in [0.5, 0.6) is 0 Å². The van der Waals surface area contributed by atoms with Gasteiger partial charge in [-0.15, -0.1) is 23.1 Å². The molecule has 0 amide bonds. The molecule has 1 aliphatic rings. The average Bonchev–Trinajstić information content (AvgIpc) is 3.32. The van der Waals surface area contributed by atoms with Gasteiger partial charge in [-0.05, 0) is 51.4 Å². The van der Waals surface area contributed by atoms with Crippen molar-refractivity contribution in [3.05, 3.63) is 66.0 Å². The first kappa shape index (κ1) is 19.3. The highest BCUT2D eigenvalue weighted by atomic mass is 32.2. The fraction of sp³-hybridized carbons (Fsp3) is 0.259. The average molecular weight is 441 g/mol. The van der Waals surface area contributed by atoms with Gasteiger partial charge in [0.15, 0.2) is 0 Å². The second kappa shape index (κ2) is 6.78. The summed E-state index contributed by atoms with van der Waals surface area (Å²) in [5, 5.41) is 5.16. The van der Waals surface area contributed by atoms with E-state index in [1.165, 1.54) is 47.8 Å². The van der Waals surface area contributed by atoms with Gasteiger partial charge in [0.25, 0.3) is 0 Å². The van der Waals surface area contributed by atoms with E-state index in [1.54, 1.807) is 17.7 Å². The van der Waals surface area contributed by atoms with E-state index in [2.05, 4.69) is 81.2 Å². The number of thiophene rings is 1. The lowest BCUT2D eigenvalue weighted by Crippen LogP contribution is -2.12. The number of hydrogen-bond acceptors (Lipinski definition) is 4. The van der Waals surface area contributed by atoms with Crippen LogP contribution >= 0.6 is 23.1 Å². The Labute approximate surface area is 190 Å². The Morgan fingerprint density at radius 1 is 0.968 bits per heavy atom. The second-order valence-electron chi connectivity index (χ2n) is 9.57. The molecule has 2 nitrogen and oxygen atoms in total. The molecule has 1 atom stereocenters. The van der Waals surface area contributed by atoms with Gasteiger partial charge in [0.2, 0.25) is 0 Å². The third-order valence-electron chi connectivity index (χ3n) is 6.37. The quantitative estimate of drug-likeness (QED) is 0.263. The highest BCUT2D eigenvalue weighted by Gasteiger charge is 2.26. The lowest BCUT2D eigenvalue weighted by molar-refractivity contribution is 0.596. The molecule has 2 aromatic heterocycles. The van der Waals surface area contributed by atoms with Gasteiger partial charge < -0.3 is 0 Å². The van der Waals surface area contributed by atoms with E-state index in [1.807, 2.05) is 11.8 Å². The highest BCUT2D eigenvalue weighted by molar-refractivity contribution is 8.00. The summed E-state index contributed by atoms with van der Waals surface area (Å²) in [6, 6.07) is 18.0. The van der Waals surface area contributed by atoms with Crippen molar-refractivity contribution in [3.63, 3.8) is 0 Å². The van der Waals surface area contributed by atoms with E-state index >= 15 is 0 Å². The van der Waals surface area contributed by atoms with Gasteiger partial charge in [-0.25, -0.2) is 9.97 Å². The first-order chi connectivity index (χ1) is 14.9. The summed E-state index contributed by atoms with van der Waals surface area (Å²) in [7, 11) is 0. The molecule has 0 aliphatic carbocycles. The Kier molecular flexibility index (Phi) is 4.22. The maximum atomic E-state index is 4.86. The molecule has 0 saturated carbocycles. The van der Waals surface area contributed by atoms with Crippen molar-refractivity contribution in [1.29, 1.82) is 0 Å². The monoisotopic (exact) mass is 440 g/mol. The summed E-state index contributed by atoms with van der Waals surface area (Å²) >= 11 is 3.78. The Morgan fingerprint density at radius 2 is 1.81 bits per heavy atom. The minimum Gasteiger partial charge on any atom is -0.236 e. The lowest BCUT2D eigenvalue weighted by atomic mass is 9.82. The summed E-state index contributed by atoms with van der Waals surface area (Å²) in [4.78, 5) is 12.1. The van der Waals surface area contributed by atoms with E-state index in [0.717, 1.165) is 16.3 Å².